The second kappa shape index (κ2) is 45.3. The van der Waals surface area contributed by atoms with E-state index in [1.54, 1.807) is 87.6 Å². The highest BCUT2D eigenvalue weighted by atomic mass is 16.2. The quantitative estimate of drug-likeness (QED) is 0.0171. The van der Waals surface area contributed by atoms with Gasteiger partial charge in [-0.3, -0.25) is 72.5 Å². The zero-order chi connectivity index (χ0) is 78.8. The number of para-hydroxylation sites is 1. The van der Waals surface area contributed by atoms with Crippen molar-refractivity contribution >= 4 is 99.7 Å². The van der Waals surface area contributed by atoms with Gasteiger partial charge in [-0.25, -0.2) is 0 Å². The van der Waals surface area contributed by atoms with Crippen LogP contribution < -0.4 is 110 Å². The number of fused-ring (bicyclic) bond motifs is 1. The van der Waals surface area contributed by atoms with E-state index in [0.29, 0.717) is 23.8 Å². The maximum Gasteiger partial charge on any atom is 0.244 e. The molecule has 0 saturated heterocycles. The van der Waals surface area contributed by atoms with E-state index in [1.807, 2.05) is 26.0 Å². The number of carbonyl (C=O) groups is 12. The Morgan fingerprint density at radius 3 is 1.22 bits per heavy atom. The Morgan fingerprint density at radius 2 is 0.779 bits per heavy atom. The van der Waals surface area contributed by atoms with Crippen molar-refractivity contribution < 1.29 is 57.5 Å². The van der Waals surface area contributed by atoms with Crippen molar-refractivity contribution in [2.75, 3.05) is 26.2 Å². The molecule has 0 spiro atoms. The lowest BCUT2D eigenvalue weighted by atomic mass is 9.95. The van der Waals surface area contributed by atoms with Crippen molar-refractivity contribution in [2.24, 2.45) is 102 Å². The summed E-state index contributed by atoms with van der Waals surface area (Å²) in [5.41, 5.74) is 52.2. The van der Waals surface area contributed by atoms with Gasteiger partial charge in [-0.1, -0.05) is 114 Å². The smallest absolute Gasteiger partial charge is 0.244 e. The normalized spacial score (nSPS) is 15.4. The molecule has 1 aromatic heterocycles. The summed E-state index contributed by atoms with van der Waals surface area (Å²) >= 11 is 0. The number of benzene rings is 1. The van der Waals surface area contributed by atoms with E-state index in [2.05, 4.69) is 78.4 Å². The Balaban J connectivity index is 2.40. The topological polar surface area (TPSA) is 624 Å². The number of hydrogen-bond donors (Lipinski definition) is 21. The van der Waals surface area contributed by atoms with E-state index in [9.17, 15) is 57.5 Å². The van der Waals surface area contributed by atoms with Gasteiger partial charge < -0.3 is 115 Å². The lowest BCUT2D eigenvalue weighted by molar-refractivity contribution is -0.137. The maximum atomic E-state index is 14.7. The van der Waals surface area contributed by atoms with Crippen LogP contribution in [0.15, 0.2) is 45.4 Å². The first-order valence-electron chi connectivity index (χ1n) is 35.6. The molecule has 0 fully saturated rings. The molecule has 0 bridgehead atoms. The van der Waals surface area contributed by atoms with E-state index in [0.717, 1.165) is 5.52 Å². The predicted octanol–water partition coefficient (Wildman–Crippen LogP) is -3.90. The van der Waals surface area contributed by atoms with Gasteiger partial charge in [0.25, 0.3) is 0 Å². The van der Waals surface area contributed by atoms with Gasteiger partial charge in [0, 0.05) is 49.7 Å². The number of hydrogen-bond acceptors (Lipinski definition) is 17. The molecule has 14 atom stereocenters. The van der Waals surface area contributed by atoms with Crippen molar-refractivity contribution in [1.29, 1.82) is 0 Å². The third-order valence-corrected chi connectivity index (χ3v) is 17.6. The first-order valence-corrected chi connectivity index (χ1v) is 35.6. The highest BCUT2D eigenvalue weighted by Gasteiger charge is 2.39. The van der Waals surface area contributed by atoms with Crippen molar-refractivity contribution in [3.8, 4) is 0 Å². The van der Waals surface area contributed by atoms with E-state index in [1.165, 1.54) is 6.92 Å². The SMILES string of the molecule is CC[C@H](C)[C@H](NC(=O)[C@H](CN)NC(=O)[C@@H](NC(=O)[C@H](C)NC(=O)[C@@H](NC(=O)[C@@H](NC(=O)[C@H](CC(C)C)NC(=O)[C@H](CCCN=C(N)N)NC(=O)[C@@H](N)C(C)C)[C@@H](C)CC)C(C)C)C(C)C)C(=O)N[C@@H](Cc1c[nH]c2ccccc12)C(=O)N[C@@H](CCCN=C(N)N)C(=O)N[C@@H](CCCN=C(N)N)C(N)=O. The second-order valence-electron chi connectivity index (χ2n) is 27.7. The van der Waals surface area contributed by atoms with Gasteiger partial charge in [-0.05, 0) is 99.0 Å². The van der Waals surface area contributed by atoms with E-state index >= 15 is 0 Å². The Morgan fingerprint density at radius 1 is 0.413 bits per heavy atom. The monoisotopic (exact) mass is 1460 g/mol. The second-order valence-corrected chi connectivity index (χ2v) is 27.7. The number of carbonyl (C=O) groups excluding carboxylic acids is 12. The number of aromatic nitrogens is 1. The van der Waals surface area contributed by atoms with Crippen LogP contribution in [0.1, 0.15) is 153 Å². The number of guanidine groups is 3. The predicted molar refractivity (Wildman–Crippen MR) is 398 cm³/mol. The summed E-state index contributed by atoms with van der Waals surface area (Å²) in [7, 11) is 0. The van der Waals surface area contributed by atoms with E-state index in [4.69, 9.17) is 51.6 Å². The molecular formula is C68H120N24O12. The number of primary amides is 1. The number of nitrogens with zero attached hydrogens (tertiary/aromatic N) is 3. The van der Waals surface area contributed by atoms with Crippen molar-refractivity contribution in [3.63, 3.8) is 0 Å². The fourth-order valence-electron chi connectivity index (χ4n) is 10.8. The first-order chi connectivity index (χ1) is 48.8. The molecule has 30 N–H and O–H groups in total. The lowest BCUT2D eigenvalue weighted by Crippen LogP contribution is -2.63. The first kappa shape index (κ1) is 90.2. The Labute approximate surface area is 609 Å². The molecule has 2 aromatic rings. The number of rotatable bonds is 47. The van der Waals surface area contributed by atoms with Crippen LogP contribution in [0.4, 0.5) is 0 Å². The molecule has 584 valence electrons. The molecule has 104 heavy (non-hydrogen) atoms. The molecule has 0 radical (unpaired) electrons. The molecular weight excluding hydrogens is 1340 g/mol. The Hall–Kier alpha value is -9.87. The molecule has 0 saturated carbocycles. The zero-order valence-corrected chi connectivity index (χ0v) is 62.6. The van der Waals surface area contributed by atoms with Crippen molar-refractivity contribution in [1.82, 2.24) is 63.5 Å². The molecule has 0 aliphatic heterocycles. The van der Waals surface area contributed by atoms with Gasteiger partial charge >= 0.3 is 0 Å². The average molecular weight is 1470 g/mol. The van der Waals surface area contributed by atoms with Crippen LogP contribution in [-0.4, -0.2) is 192 Å². The number of nitrogens with two attached hydrogens (primary N) is 9. The third-order valence-electron chi connectivity index (χ3n) is 17.6. The highest BCUT2D eigenvalue weighted by Crippen LogP contribution is 2.21. The van der Waals surface area contributed by atoms with Crippen LogP contribution in [0.25, 0.3) is 10.9 Å². The van der Waals surface area contributed by atoms with Crippen molar-refractivity contribution in [2.45, 2.75) is 227 Å². The van der Waals surface area contributed by atoms with Gasteiger partial charge in [0.1, 0.15) is 66.5 Å². The third kappa shape index (κ3) is 31.0. The van der Waals surface area contributed by atoms with Gasteiger partial charge in [0.05, 0.1) is 6.04 Å². The lowest BCUT2D eigenvalue weighted by Gasteiger charge is -2.31. The van der Waals surface area contributed by atoms with E-state index < -0.39 is 174 Å². The summed E-state index contributed by atoms with van der Waals surface area (Å²) in [5.74, 6) is -12.7. The summed E-state index contributed by atoms with van der Waals surface area (Å²) in [4.78, 5) is 183. The summed E-state index contributed by atoms with van der Waals surface area (Å²) in [6, 6.07) is -8.09. The van der Waals surface area contributed by atoms with Crippen LogP contribution in [0.2, 0.25) is 0 Å². The van der Waals surface area contributed by atoms with Crippen molar-refractivity contribution in [3.05, 3.63) is 36.0 Å². The Bertz CT molecular complexity index is 3270. The number of amides is 12. The fraction of sp³-hybridized carbons (Fsp3) is 0.662. The maximum absolute atomic E-state index is 14.7. The average Bonchev–Trinajstić information content (AvgIpc) is 1.55. The molecule has 12 amide bonds. The number of aromatic amines is 1. The minimum Gasteiger partial charge on any atom is -0.370 e. The molecule has 1 heterocycles. The molecule has 2 rings (SSSR count). The summed E-state index contributed by atoms with van der Waals surface area (Å²) in [5, 5.41) is 30.3. The fourth-order valence-corrected chi connectivity index (χ4v) is 10.8. The summed E-state index contributed by atoms with van der Waals surface area (Å²) < 4.78 is 0. The number of aliphatic imine (C=N–C) groups is 3. The molecule has 0 aliphatic carbocycles. The molecule has 0 unspecified atom stereocenters. The van der Waals surface area contributed by atoms with Crippen LogP contribution >= 0.6 is 0 Å². The number of H-pyrrole nitrogens is 1. The molecule has 36 nitrogen and oxygen atoms in total. The molecule has 36 heteroatoms. The van der Waals surface area contributed by atoms with Crippen LogP contribution in [0, 0.1) is 35.5 Å². The van der Waals surface area contributed by atoms with Gasteiger partial charge in [0.15, 0.2) is 17.9 Å². The van der Waals surface area contributed by atoms with Gasteiger partial charge in [-0.2, -0.15) is 0 Å². The minimum atomic E-state index is -1.50. The van der Waals surface area contributed by atoms with Crippen LogP contribution in [0.3, 0.4) is 0 Å². The summed E-state index contributed by atoms with van der Waals surface area (Å²) in [6.07, 6.45) is 3.12. The summed E-state index contributed by atoms with van der Waals surface area (Å²) in [6.45, 7) is 21.8. The molecule has 1 aromatic carbocycles. The van der Waals surface area contributed by atoms with Gasteiger partial charge in [0.2, 0.25) is 70.9 Å². The number of nitrogens with one attached hydrogen (secondary N) is 12. The minimum absolute atomic E-state index is 0.0418. The van der Waals surface area contributed by atoms with Gasteiger partial charge in [-0.15, -0.1) is 0 Å². The standard InChI is InChI=1S/C68H120N24O12/c1-14-37(11)52(64(103)87-47(30-40-32-81-42-22-17-16-21-41(40)42)58(97)84-44(24-19-27-79-67(74)75)56(95)83-43(54(71)93)23-18-26-78-66(72)73)92-60(99)48(31-69)88-63(102)51(36(9)10)89-55(94)39(13)82-62(101)50(35(7)8)90-65(104)53(38(12)15-2)91-59(98)46(29-33(3)4)86-57(96)45(25-20-28-80-68(76)77)85-61(100)49(70)34(5)6/h16-17,21-22,32-39,43-53,81H,14-15,18-20,23-31,69-70H2,1-13H3,(H2,71,93)(H,82,101)(H,83,95)(H,84,97)(H,85,100)(H,86,96)(H,87,103)(H,88,102)(H,89,94)(H,90,104)(H,91,98)(H,92,99)(H4,72,73,78)(H4,74,75,79)(H4,76,77,80)/t37-,38-,39-,43-,44-,45-,46-,47-,48-,49-,50-,51-,52-,53-/m0/s1. The zero-order valence-electron chi connectivity index (χ0n) is 62.6. The molecule has 0 aliphatic rings. The Kier molecular flexibility index (Phi) is 39.3. The van der Waals surface area contributed by atoms with Crippen LogP contribution in [-0.2, 0) is 64.0 Å². The largest absolute Gasteiger partial charge is 0.370 e. The highest BCUT2D eigenvalue weighted by molar-refractivity contribution is 6.00. The van der Waals surface area contributed by atoms with E-state index in [-0.39, 0.29) is 101 Å². The van der Waals surface area contributed by atoms with Crippen LogP contribution in [0.5, 0.6) is 0 Å².